The van der Waals surface area contributed by atoms with E-state index < -0.39 is 10.0 Å². The van der Waals surface area contributed by atoms with Gasteiger partial charge < -0.3 is 5.11 Å². The van der Waals surface area contributed by atoms with Crippen molar-refractivity contribution in [3.05, 3.63) is 28.8 Å². The molecule has 0 heterocycles. The van der Waals surface area contributed by atoms with Gasteiger partial charge in [0.15, 0.2) is 0 Å². The predicted molar refractivity (Wildman–Crippen MR) is 76.9 cm³/mol. The van der Waals surface area contributed by atoms with Crippen LogP contribution >= 0.6 is 11.6 Å². The molecule has 0 aromatic heterocycles. The van der Waals surface area contributed by atoms with Gasteiger partial charge in [0, 0.05) is 25.2 Å². The second-order valence-corrected chi connectivity index (χ2v) is 6.97. The zero-order valence-electron chi connectivity index (χ0n) is 11.3. The maximum atomic E-state index is 12.4. The van der Waals surface area contributed by atoms with E-state index in [1.54, 1.807) is 26.1 Å². The van der Waals surface area contributed by atoms with Crippen LogP contribution in [-0.2, 0) is 10.0 Å². The molecular weight excluding hydrogens is 286 g/mol. The Labute approximate surface area is 120 Å². The minimum absolute atomic E-state index is 0.143. The lowest BCUT2D eigenvalue weighted by atomic mass is 10.2. The molecule has 19 heavy (non-hydrogen) atoms. The second kappa shape index (κ2) is 7.24. The Kier molecular flexibility index (Phi) is 6.26. The molecule has 1 rings (SSSR count). The van der Waals surface area contributed by atoms with Gasteiger partial charge in [0.2, 0.25) is 10.0 Å². The molecule has 0 atom stereocenters. The summed E-state index contributed by atoms with van der Waals surface area (Å²) < 4.78 is 26.1. The molecule has 0 unspecified atom stereocenters. The van der Waals surface area contributed by atoms with Crippen LogP contribution in [0.15, 0.2) is 23.1 Å². The summed E-state index contributed by atoms with van der Waals surface area (Å²) in [7, 11) is -1.93. The first-order valence-corrected chi connectivity index (χ1v) is 8.04. The van der Waals surface area contributed by atoms with Gasteiger partial charge in [-0.05, 0) is 43.9 Å². The van der Waals surface area contributed by atoms with Crippen molar-refractivity contribution in [3.63, 3.8) is 0 Å². The highest BCUT2D eigenvalue weighted by molar-refractivity contribution is 7.89. The molecule has 0 fully saturated rings. The van der Waals surface area contributed by atoms with E-state index >= 15 is 0 Å². The van der Waals surface area contributed by atoms with E-state index in [0.29, 0.717) is 23.6 Å². The number of aryl methyl sites for hydroxylation is 1. The molecule has 0 amide bonds. The Balaban J connectivity index is 2.82. The largest absolute Gasteiger partial charge is 0.396 e. The highest BCUT2D eigenvalue weighted by Crippen LogP contribution is 2.23. The Hall–Kier alpha value is -0.620. The summed E-state index contributed by atoms with van der Waals surface area (Å²) in [5.74, 6) is 0. The van der Waals surface area contributed by atoms with Crippen molar-refractivity contribution in [2.75, 3.05) is 20.2 Å². The van der Waals surface area contributed by atoms with E-state index in [9.17, 15) is 8.42 Å². The van der Waals surface area contributed by atoms with Gasteiger partial charge in [-0.2, -0.15) is 0 Å². The van der Waals surface area contributed by atoms with Crippen LogP contribution in [0.5, 0.6) is 0 Å². The van der Waals surface area contributed by atoms with Crippen molar-refractivity contribution in [2.45, 2.75) is 31.1 Å². The fraction of sp³-hybridized carbons (Fsp3) is 0.538. The van der Waals surface area contributed by atoms with Crippen LogP contribution < -0.4 is 0 Å². The molecule has 1 N–H and O–H groups in total. The van der Waals surface area contributed by atoms with Crippen molar-refractivity contribution in [2.24, 2.45) is 0 Å². The molecule has 0 aliphatic heterocycles. The topological polar surface area (TPSA) is 57.6 Å². The Morgan fingerprint density at radius 1 is 1.26 bits per heavy atom. The molecule has 0 radical (unpaired) electrons. The first kappa shape index (κ1) is 16.4. The summed E-state index contributed by atoms with van der Waals surface area (Å²) in [5, 5.41) is 9.10. The second-order valence-electron chi connectivity index (χ2n) is 4.52. The van der Waals surface area contributed by atoms with Crippen LogP contribution in [-0.4, -0.2) is 38.0 Å². The number of aliphatic hydroxyl groups is 1. The van der Waals surface area contributed by atoms with Crippen LogP contribution in [0.3, 0.4) is 0 Å². The molecule has 0 bridgehead atoms. The number of hydrogen-bond acceptors (Lipinski definition) is 3. The third-order valence-corrected chi connectivity index (χ3v) is 5.20. The van der Waals surface area contributed by atoms with E-state index in [1.807, 2.05) is 0 Å². The van der Waals surface area contributed by atoms with Gasteiger partial charge in [0.1, 0.15) is 0 Å². The minimum atomic E-state index is -3.49. The average Bonchev–Trinajstić information content (AvgIpc) is 2.37. The first-order chi connectivity index (χ1) is 8.89. The maximum Gasteiger partial charge on any atom is 0.243 e. The molecule has 0 saturated heterocycles. The summed E-state index contributed by atoms with van der Waals surface area (Å²) in [6.07, 6.45) is 2.24. The Morgan fingerprint density at radius 3 is 2.58 bits per heavy atom. The SMILES string of the molecule is Cc1ccc(Cl)cc1S(=O)(=O)N(C)CCCCCO. The van der Waals surface area contributed by atoms with Crippen molar-refractivity contribution in [1.82, 2.24) is 4.31 Å². The summed E-state index contributed by atoms with van der Waals surface area (Å²) in [6, 6.07) is 4.86. The van der Waals surface area contributed by atoms with Crippen LogP contribution in [0.2, 0.25) is 5.02 Å². The number of rotatable bonds is 7. The Bertz CT molecular complexity index is 517. The third kappa shape index (κ3) is 4.45. The zero-order valence-corrected chi connectivity index (χ0v) is 12.8. The highest BCUT2D eigenvalue weighted by atomic mass is 35.5. The van der Waals surface area contributed by atoms with Gasteiger partial charge in [-0.15, -0.1) is 0 Å². The number of sulfonamides is 1. The van der Waals surface area contributed by atoms with Crippen LogP contribution in [0.1, 0.15) is 24.8 Å². The van der Waals surface area contributed by atoms with Gasteiger partial charge in [0.05, 0.1) is 4.90 Å². The minimum Gasteiger partial charge on any atom is -0.396 e. The fourth-order valence-electron chi connectivity index (χ4n) is 1.76. The number of unbranched alkanes of at least 4 members (excludes halogenated alkanes) is 2. The first-order valence-electron chi connectivity index (χ1n) is 6.23. The van der Waals surface area contributed by atoms with Crippen LogP contribution in [0, 0.1) is 6.92 Å². The van der Waals surface area contributed by atoms with Crippen molar-refractivity contribution < 1.29 is 13.5 Å². The van der Waals surface area contributed by atoms with Crippen molar-refractivity contribution >= 4 is 21.6 Å². The van der Waals surface area contributed by atoms with Gasteiger partial charge >= 0.3 is 0 Å². The van der Waals surface area contributed by atoms with Gasteiger partial charge in [-0.1, -0.05) is 17.7 Å². The number of benzene rings is 1. The summed E-state index contributed by atoms with van der Waals surface area (Å²) in [6.45, 7) is 2.33. The lowest BCUT2D eigenvalue weighted by Crippen LogP contribution is -2.28. The van der Waals surface area contributed by atoms with Crippen LogP contribution in [0.4, 0.5) is 0 Å². The number of halogens is 1. The highest BCUT2D eigenvalue weighted by Gasteiger charge is 2.22. The molecular formula is C13H20ClNO3S. The van der Waals surface area contributed by atoms with Gasteiger partial charge in [-0.3, -0.25) is 0 Å². The molecule has 4 nitrogen and oxygen atoms in total. The maximum absolute atomic E-state index is 12.4. The van der Waals surface area contributed by atoms with E-state index in [2.05, 4.69) is 0 Å². The molecule has 0 aliphatic rings. The van der Waals surface area contributed by atoms with E-state index in [0.717, 1.165) is 12.8 Å². The quantitative estimate of drug-likeness (QED) is 0.787. The van der Waals surface area contributed by atoms with Gasteiger partial charge in [-0.25, -0.2) is 12.7 Å². The van der Waals surface area contributed by atoms with Crippen molar-refractivity contribution in [3.8, 4) is 0 Å². The number of nitrogens with zero attached hydrogens (tertiary/aromatic N) is 1. The summed E-state index contributed by atoms with van der Waals surface area (Å²) in [4.78, 5) is 0.254. The number of hydrogen-bond donors (Lipinski definition) is 1. The molecule has 0 aliphatic carbocycles. The lowest BCUT2D eigenvalue weighted by molar-refractivity contribution is 0.281. The molecule has 1 aromatic rings. The smallest absolute Gasteiger partial charge is 0.243 e. The summed E-state index contributed by atoms with van der Waals surface area (Å²) >= 11 is 5.86. The summed E-state index contributed by atoms with van der Waals surface area (Å²) in [5.41, 5.74) is 0.687. The lowest BCUT2D eigenvalue weighted by Gasteiger charge is -2.18. The molecule has 1 aromatic carbocycles. The predicted octanol–water partition coefficient (Wildman–Crippen LogP) is 2.43. The monoisotopic (exact) mass is 305 g/mol. The molecule has 0 saturated carbocycles. The van der Waals surface area contributed by atoms with Crippen molar-refractivity contribution in [1.29, 1.82) is 0 Å². The van der Waals surface area contributed by atoms with E-state index in [1.165, 1.54) is 10.4 Å². The standard InChI is InChI=1S/C13H20ClNO3S/c1-11-6-7-12(14)10-13(11)19(17,18)15(2)8-4-3-5-9-16/h6-7,10,16H,3-5,8-9H2,1-2H3. The number of aliphatic hydroxyl groups excluding tert-OH is 1. The molecule has 0 spiro atoms. The average molecular weight is 306 g/mol. The Morgan fingerprint density at radius 2 is 1.95 bits per heavy atom. The van der Waals surface area contributed by atoms with E-state index in [-0.39, 0.29) is 11.5 Å². The molecule has 108 valence electrons. The zero-order chi connectivity index (χ0) is 14.5. The van der Waals surface area contributed by atoms with Crippen LogP contribution in [0.25, 0.3) is 0 Å². The third-order valence-electron chi connectivity index (χ3n) is 2.97. The molecule has 6 heteroatoms. The van der Waals surface area contributed by atoms with Gasteiger partial charge in [0.25, 0.3) is 0 Å². The normalized spacial score (nSPS) is 12.1. The fourth-order valence-corrected chi connectivity index (χ4v) is 3.46. The van der Waals surface area contributed by atoms with E-state index in [4.69, 9.17) is 16.7 Å².